The van der Waals surface area contributed by atoms with Crippen molar-refractivity contribution in [2.45, 2.75) is 70.3 Å². The lowest BCUT2D eigenvalue weighted by molar-refractivity contribution is -0.147. The molecule has 1 aromatic rings. The molecule has 3 nitrogen and oxygen atoms in total. The number of rotatable bonds is 4. The number of aromatic nitrogens is 1. The van der Waals surface area contributed by atoms with E-state index >= 15 is 0 Å². The molecule has 0 aromatic carbocycles. The van der Waals surface area contributed by atoms with E-state index in [9.17, 15) is 4.79 Å². The first kappa shape index (κ1) is 15.8. The van der Waals surface area contributed by atoms with E-state index in [1.165, 1.54) is 44.9 Å². The third kappa shape index (κ3) is 2.80. The number of hydrogen-bond donors (Lipinski definition) is 1. The number of carbonyl (C=O) groups is 1. The first-order chi connectivity index (χ1) is 12.2. The molecule has 5 aliphatic carbocycles. The van der Waals surface area contributed by atoms with Gasteiger partial charge in [0.1, 0.15) is 0 Å². The highest BCUT2D eigenvalue weighted by atomic mass is 16.2. The molecule has 25 heavy (non-hydrogen) atoms. The third-order valence-corrected chi connectivity index (χ3v) is 7.68. The van der Waals surface area contributed by atoms with Gasteiger partial charge in [0.2, 0.25) is 5.91 Å². The number of carbonyl (C=O) groups excluding carboxylic acids is 1. The first-order valence-electron chi connectivity index (χ1n) is 10.4. The second-order valence-electron chi connectivity index (χ2n) is 9.45. The van der Waals surface area contributed by atoms with Crippen LogP contribution in [0.25, 0.3) is 0 Å². The molecule has 0 saturated heterocycles. The fourth-order valence-electron chi connectivity index (χ4n) is 6.97. The van der Waals surface area contributed by atoms with Gasteiger partial charge in [-0.3, -0.25) is 9.78 Å². The maximum absolute atomic E-state index is 13.5. The smallest absolute Gasteiger partial charge is 0.226 e. The van der Waals surface area contributed by atoms with Crippen molar-refractivity contribution >= 4 is 5.91 Å². The minimum absolute atomic E-state index is 0.0552. The summed E-state index contributed by atoms with van der Waals surface area (Å²) in [7, 11) is 0. The lowest BCUT2D eigenvalue weighted by Crippen LogP contribution is -2.54. The second kappa shape index (κ2) is 6.10. The normalized spacial score (nSPS) is 38.0. The lowest BCUT2D eigenvalue weighted by Gasteiger charge is -2.56. The van der Waals surface area contributed by atoms with Crippen LogP contribution in [-0.2, 0) is 4.79 Å². The van der Waals surface area contributed by atoms with Crippen molar-refractivity contribution in [1.29, 1.82) is 0 Å². The van der Waals surface area contributed by atoms with E-state index in [0.29, 0.717) is 11.8 Å². The fraction of sp³-hybridized carbons (Fsp3) is 0.727. The topological polar surface area (TPSA) is 42.0 Å². The van der Waals surface area contributed by atoms with Gasteiger partial charge in [-0.05, 0) is 87.2 Å². The summed E-state index contributed by atoms with van der Waals surface area (Å²) in [6, 6.07) is 6.24. The van der Waals surface area contributed by atoms with Crippen molar-refractivity contribution in [3.05, 3.63) is 30.1 Å². The molecule has 3 heteroatoms. The van der Waals surface area contributed by atoms with Gasteiger partial charge in [0, 0.05) is 11.6 Å². The van der Waals surface area contributed by atoms with Crippen LogP contribution in [0.3, 0.4) is 0 Å². The highest BCUT2D eigenvalue weighted by Crippen LogP contribution is 2.60. The summed E-state index contributed by atoms with van der Waals surface area (Å²) in [6.07, 6.45) is 14.5. The minimum Gasteiger partial charge on any atom is -0.347 e. The fourth-order valence-corrected chi connectivity index (χ4v) is 6.97. The van der Waals surface area contributed by atoms with E-state index in [-0.39, 0.29) is 11.5 Å². The third-order valence-electron chi connectivity index (χ3n) is 7.68. The van der Waals surface area contributed by atoms with Crippen LogP contribution in [0.4, 0.5) is 0 Å². The van der Waals surface area contributed by atoms with Gasteiger partial charge >= 0.3 is 0 Å². The predicted molar refractivity (Wildman–Crippen MR) is 97.7 cm³/mol. The van der Waals surface area contributed by atoms with Crippen molar-refractivity contribution in [3.8, 4) is 0 Å². The Bertz CT molecular complexity index is 599. The molecule has 1 atom stereocenters. The van der Waals surface area contributed by atoms with Crippen molar-refractivity contribution in [1.82, 2.24) is 10.3 Å². The van der Waals surface area contributed by atoms with Crippen LogP contribution in [0.2, 0.25) is 0 Å². The number of nitrogens with one attached hydrogen (secondary N) is 1. The van der Waals surface area contributed by atoms with Crippen LogP contribution in [0.15, 0.2) is 24.4 Å². The average molecular weight is 338 g/mol. The van der Waals surface area contributed by atoms with E-state index < -0.39 is 0 Å². The summed E-state index contributed by atoms with van der Waals surface area (Å²) >= 11 is 0. The van der Waals surface area contributed by atoms with Gasteiger partial charge in [0.15, 0.2) is 0 Å². The zero-order chi connectivity index (χ0) is 16.9. The Balaban J connectivity index is 1.39. The van der Waals surface area contributed by atoms with Gasteiger partial charge in [-0.1, -0.05) is 18.9 Å². The Labute approximate surface area is 151 Å². The molecule has 1 N–H and O–H groups in total. The van der Waals surface area contributed by atoms with Crippen LogP contribution < -0.4 is 5.32 Å². The number of pyridine rings is 1. The number of nitrogens with zero attached hydrogens (tertiary/aromatic N) is 1. The van der Waals surface area contributed by atoms with Gasteiger partial charge in [0.25, 0.3) is 0 Å². The summed E-state index contributed by atoms with van der Waals surface area (Å²) in [4.78, 5) is 18.1. The van der Waals surface area contributed by atoms with E-state index in [1.54, 1.807) is 0 Å². The summed E-state index contributed by atoms with van der Waals surface area (Å²) in [5, 5.41) is 3.53. The first-order valence-corrected chi connectivity index (χ1v) is 10.4. The van der Waals surface area contributed by atoms with Gasteiger partial charge in [-0.15, -0.1) is 0 Å². The highest BCUT2D eigenvalue weighted by molar-refractivity contribution is 5.83. The van der Waals surface area contributed by atoms with Crippen molar-refractivity contribution in [2.24, 2.45) is 29.1 Å². The van der Waals surface area contributed by atoms with E-state index in [4.69, 9.17) is 0 Å². The standard InChI is InChI=1S/C22H30N2O/c25-21(22-12-15-9-16(13-22)11-17(10-15)14-22)24-20(18-5-1-2-6-18)19-7-3-4-8-23-19/h3-4,7-8,15-18,20H,1-2,5-6,9-14H2,(H,24,25). The number of amides is 1. The average Bonchev–Trinajstić information content (AvgIpc) is 3.13. The van der Waals surface area contributed by atoms with E-state index in [0.717, 1.165) is 42.7 Å². The molecule has 5 aliphatic rings. The maximum Gasteiger partial charge on any atom is 0.226 e. The zero-order valence-corrected chi connectivity index (χ0v) is 15.1. The second-order valence-corrected chi connectivity index (χ2v) is 9.45. The predicted octanol–water partition coefficient (Wildman–Crippen LogP) is 4.65. The Kier molecular flexibility index (Phi) is 3.87. The Morgan fingerprint density at radius 1 is 1.04 bits per heavy atom. The molecular formula is C22H30N2O. The lowest BCUT2D eigenvalue weighted by atomic mass is 9.49. The molecule has 134 valence electrons. The van der Waals surface area contributed by atoms with Gasteiger partial charge in [-0.25, -0.2) is 0 Å². The molecule has 5 fully saturated rings. The molecule has 0 spiro atoms. The molecule has 6 rings (SSSR count). The van der Waals surface area contributed by atoms with Gasteiger partial charge in [-0.2, -0.15) is 0 Å². The molecule has 5 saturated carbocycles. The molecule has 1 unspecified atom stereocenters. The summed E-state index contributed by atoms with van der Waals surface area (Å²) in [6.45, 7) is 0. The highest BCUT2D eigenvalue weighted by Gasteiger charge is 2.55. The van der Waals surface area contributed by atoms with Crippen molar-refractivity contribution < 1.29 is 4.79 Å². The largest absolute Gasteiger partial charge is 0.347 e. The Morgan fingerprint density at radius 2 is 1.68 bits per heavy atom. The maximum atomic E-state index is 13.5. The van der Waals surface area contributed by atoms with Crippen LogP contribution in [-0.4, -0.2) is 10.9 Å². The Hall–Kier alpha value is -1.38. The van der Waals surface area contributed by atoms with Crippen LogP contribution >= 0.6 is 0 Å². The molecule has 0 radical (unpaired) electrons. The van der Waals surface area contributed by atoms with Crippen LogP contribution in [0, 0.1) is 29.1 Å². The Morgan fingerprint density at radius 3 is 2.24 bits per heavy atom. The summed E-state index contributed by atoms with van der Waals surface area (Å²) in [5.74, 6) is 3.37. The molecular weight excluding hydrogens is 308 g/mol. The van der Waals surface area contributed by atoms with Crippen LogP contribution in [0.5, 0.6) is 0 Å². The molecule has 1 aromatic heterocycles. The van der Waals surface area contributed by atoms with Crippen molar-refractivity contribution in [2.75, 3.05) is 0 Å². The summed E-state index contributed by atoms with van der Waals surface area (Å²) < 4.78 is 0. The SMILES string of the molecule is O=C(NC(c1ccccn1)C1CCCC1)C12CC3CC(CC(C3)C1)C2. The molecule has 0 aliphatic heterocycles. The molecule has 4 bridgehead atoms. The van der Waals surface area contributed by atoms with E-state index in [1.807, 2.05) is 12.3 Å². The molecule has 1 heterocycles. The zero-order valence-electron chi connectivity index (χ0n) is 15.1. The van der Waals surface area contributed by atoms with Gasteiger partial charge in [0.05, 0.1) is 11.7 Å². The molecule has 1 amide bonds. The quantitative estimate of drug-likeness (QED) is 0.868. The van der Waals surface area contributed by atoms with Crippen LogP contribution in [0.1, 0.15) is 75.9 Å². The van der Waals surface area contributed by atoms with Gasteiger partial charge < -0.3 is 5.32 Å². The summed E-state index contributed by atoms with van der Waals surface area (Å²) in [5.41, 5.74) is 1.01. The van der Waals surface area contributed by atoms with E-state index in [2.05, 4.69) is 22.4 Å². The number of hydrogen-bond acceptors (Lipinski definition) is 2. The monoisotopic (exact) mass is 338 g/mol. The minimum atomic E-state index is -0.0552. The van der Waals surface area contributed by atoms with Crippen molar-refractivity contribution in [3.63, 3.8) is 0 Å².